The van der Waals surface area contributed by atoms with Crippen LogP contribution in [-0.2, 0) is 17.2 Å². The van der Waals surface area contributed by atoms with Crippen molar-refractivity contribution < 1.29 is 18.4 Å². The van der Waals surface area contributed by atoms with E-state index in [4.69, 9.17) is 19.2 Å². The van der Waals surface area contributed by atoms with Crippen molar-refractivity contribution in [2.24, 2.45) is 4.99 Å². The Bertz CT molecular complexity index is 733. The maximum atomic E-state index is 12.2. The molecule has 1 aromatic carbocycles. The summed E-state index contributed by atoms with van der Waals surface area (Å²) in [6.07, 6.45) is 4.91. The van der Waals surface area contributed by atoms with Crippen LogP contribution >= 0.6 is 24.0 Å². The third-order valence-electron chi connectivity index (χ3n) is 5.40. The number of aliphatic imine (C=N–C) groups is 1. The van der Waals surface area contributed by atoms with E-state index >= 15 is 0 Å². The van der Waals surface area contributed by atoms with E-state index < -0.39 is 10.8 Å². The molecule has 0 bridgehead atoms. The quantitative estimate of drug-likeness (QED) is 0.256. The Balaban J connectivity index is 0.00000480. The van der Waals surface area contributed by atoms with Crippen LogP contribution in [0.15, 0.2) is 17.1 Å². The lowest BCUT2D eigenvalue weighted by Crippen LogP contribution is -2.46. The van der Waals surface area contributed by atoms with Gasteiger partial charge in [0.25, 0.3) is 0 Å². The van der Waals surface area contributed by atoms with Crippen molar-refractivity contribution in [2.75, 3.05) is 40.2 Å². The maximum absolute atomic E-state index is 12.2. The van der Waals surface area contributed by atoms with E-state index in [1.54, 1.807) is 21.3 Å². The number of benzene rings is 1. The summed E-state index contributed by atoms with van der Waals surface area (Å²) in [5, 5.41) is 7.17. The van der Waals surface area contributed by atoms with E-state index in [0.29, 0.717) is 41.5 Å². The lowest BCUT2D eigenvalue weighted by atomic mass is 9.95. The molecule has 7 nitrogen and oxygen atoms in total. The van der Waals surface area contributed by atoms with Crippen LogP contribution in [0.1, 0.15) is 45.1 Å². The Morgan fingerprint density at radius 1 is 1.13 bits per heavy atom. The molecule has 0 amide bonds. The van der Waals surface area contributed by atoms with Crippen molar-refractivity contribution in [2.45, 2.75) is 57.2 Å². The molecule has 1 aromatic rings. The lowest BCUT2D eigenvalue weighted by Gasteiger charge is -2.30. The molecule has 1 aliphatic rings. The zero-order chi connectivity index (χ0) is 21.9. The molecule has 9 heteroatoms. The molecule has 178 valence electrons. The minimum atomic E-state index is -0.729. The van der Waals surface area contributed by atoms with Crippen LogP contribution in [0.5, 0.6) is 17.2 Å². The van der Waals surface area contributed by atoms with Crippen molar-refractivity contribution in [3.63, 3.8) is 0 Å². The summed E-state index contributed by atoms with van der Waals surface area (Å²) in [7, 11) is 4.13. The normalized spacial score (nSPS) is 19.7. The third kappa shape index (κ3) is 8.00. The molecular formula is C22H38IN3O4S. The van der Waals surface area contributed by atoms with Gasteiger partial charge < -0.3 is 24.8 Å². The van der Waals surface area contributed by atoms with Crippen LogP contribution in [0.2, 0.25) is 0 Å². The average molecular weight is 568 g/mol. The molecule has 0 heterocycles. The van der Waals surface area contributed by atoms with Gasteiger partial charge in [-0.3, -0.25) is 9.20 Å². The molecule has 31 heavy (non-hydrogen) atoms. The second-order valence-electron chi connectivity index (χ2n) is 7.30. The van der Waals surface area contributed by atoms with E-state index in [-0.39, 0.29) is 24.0 Å². The molecule has 1 saturated carbocycles. The predicted octanol–water partition coefficient (Wildman–Crippen LogP) is 3.51. The monoisotopic (exact) mass is 567 g/mol. The minimum absolute atomic E-state index is 0. The molecule has 0 saturated heterocycles. The van der Waals surface area contributed by atoms with Crippen LogP contribution < -0.4 is 24.8 Å². The molecule has 1 aliphatic carbocycles. The Labute approximate surface area is 206 Å². The van der Waals surface area contributed by atoms with Crippen molar-refractivity contribution in [3.8, 4) is 17.2 Å². The van der Waals surface area contributed by atoms with Gasteiger partial charge in [0.05, 0.1) is 21.3 Å². The highest BCUT2D eigenvalue weighted by atomic mass is 127. The largest absolute Gasteiger partial charge is 0.493 e. The highest BCUT2D eigenvalue weighted by Crippen LogP contribution is 2.39. The zero-order valence-corrected chi connectivity index (χ0v) is 22.5. The Hall–Kier alpha value is -1.23. The zero-order valence-electron chi connectivity index (χ0n) is 19.4. The SMILES string of the molecule is CCNC(=NCCc1ccc(OC)c(OC)c1OC)NC1CCCC(S(=O)CC)C1.I. The summed E-state index contributed by atoms with van der Waals surface area (Å²) in [6.45, 7) is 5.46. The Morgan fingerprint density at radius 3 is 2.48 bits per heavy atom. The van der Waals surface area contributed by atoms with Gasteiger partial charge in [-0.2, -0.15) is 0 Å². The summed E-state index contributed by atoms with van der Waals surface area (Å²) >= 11 is 0. The molecule has 0 spiro atoms. The van der Waals surface area contributed by atoms with Crippen molar-refractivity contribution in [1.29, 1.82) is 0 Å². The molecular weight excluding hydrogens is 529 g/mol. The second-order valence-corrected chi connectivity index (χ2v) is 9.31. The number of methoxy groups -OCH3 is 3. The molecule has 0 aromatic heterocycles. The third-order valence-corrected chi connectivity index (χ3v) is 7.15. The van der Waals surface area contributed by atoms with Crippen molar-refractivity contribution >= 4 is 40.7 Å². The molecule has 2 rings (SSSR count). The molecule has 3 atom stereocenters. The molecule has 0 aliphatic heterocycles. The van der Waals surface area contributed by atoms with Gasteiger partial charge in [0.15, 0.2) is 17.5 Å². The minimum Gasteiger partial charge on any atom is -0.493 e. The molecule has 0 radical (unpaired) electrons. The van der Waals surface area contributed by atoms with Crippen LogP contribution in [0.25, 0.3) is 0 Å². The first-order chi connectivity index (χ1) is 14.6. The standard InChI is InChI=1S/C22H37N3O4S.HI/c1-6-23-22(25-17-9-8-10-18(15-17)30(26)7-2)24-14-13-16-11-12-19(27-3)21(29-5)20(16)28-4;/h11-12,17-18H,6-10,13-15H2,1-5H3,(H2,23,24,25);1H. The summed E-state index contributed by atoms with van der Waals surface area (Å²) in [5.74, 6) is 3.47. The highest BCUT2D eigenvalue weighted by Gasteiger charge is 2.26. The molecule has 1 fully saturated rings. The Morgan fingerprint density at radius 2 is 1.87 bits per heavy atom. The first kappa shape index (κ1) is 27.8. The first-order valence-electron chi connectivity index (χ1n) is 10.8. The van der Waals surface area contributed by atoms with Gasteiger partial charge in [0.2, 0.25) is 5.75 Å². The smallest absolute Gasteiger partial charge is 0.203 e. The summed E-state index contributed by atoms with van der Waals surface area (Å²) in [6, 6.07) is 4.19. The number of guanidine groups is 1. The van der Waals surface area contributed by atoms with Crippen LogP contribution in [0, 0.1) is 0 Å². The number of nitrogens with zero attached hydrogens (tertiary/aromatic N) is 1. The second kappa shape index (κ2) is 14.8. The Kier molecular flexibility index (Phi) is 13.2. The van der Waals surface area contributed by atoms with Gasteiger partial charge in [-0.05, 0) is 38.7 Å². The fraction of sp³-hybridized carbons (Fsp3) is 0.682. The number of halogens is 1. The van der Waals surface area contributed by atoms with Gasteiger partial charge in [0, 0.05) is 46.5 Å². The summed E-state index contributed by atoms with van der Waals surface area (Å²) in [4.78, 5) is 4.76. The summed E-state index contributed by atoms with van der Waals surface area (Å²) in [5.41, 5.74) is 1.02. The number of nitrogens with one attached hydrogen (secondary N) is 2. The number of hydrogen-bond donors (Lipinski definition) is 2. The molecule has 3 unspecified atom stereocenters. The molecule has 2 N–H and O–H groups in total. The van der Waals surface area contributed by atoms with E-state index in [1.807, 2.05) is 19.1 Å². The lowest BCUT2D eigenvalue weighted by molar-refractivity contribution is 0.322. The van der Waals surface area contributed by atoms with Crippen LogP contribution in [0.3, 0.4) is 0 Å². The van der Waals surface area contributed by atoms with E-state index in [1.165, 1.54) is 0 Å². The fourth-order valence-electron chi connectivity index (χ4n) is 3.91. The van der Waals surface area contributed by atoms with Crippen LogP contribution in [-0.4, -0.2) is 61.6 Å². The topological polar surface area (TPSA) is 81.2 Å². The number of hydrogen-bond acceptors (Lipinski definition) is 5. The average Bonchev–Trinajstić information content (AvgIpc) is 2.78. The van der Waals surface area contributed by atoms with Crippen molar-refractivity contribution in [3.05, 3.63) is 17.7 Å². The van der Waals surface area contributed by atoms with Gasteiger partial charge in [0.1, 0.15) is 0 Å². The van der Waals surface area contributed by atoms with E-state index in [0.717, 1.165) is 49.5 Å². The number of rotatable bonds is 10. The first-order valence-corrected chi connectivity index (χ1v) is 12.2. The van der Waals surface area contributed by atoms with E-state index in [9.17, 15) is 4.21 Å². The predicted molar refractivity (Wildman–Crippen MR) is 139 cm³/mol. The van der Waals surface area contributed by atoms with Crippen LogP contribution in [0.4, 0.5) is 0 Å². The summed E-state index contributed by atoms with van der Waals surface area (Å²) < 4.78 is 28.6. The van der Waals surface area contributed by atoms with Gasteiger partial charge in [-0.15, -0.1) is 24.0 Å². The van der Waals surface area contributed by atoms with Gasteiger partial charge in [-0.25, -0.2) is 0 Å². The van der Waals surface area contributed by atoms with Gasteiger partial charge >= 0.3 is 0 Å². The number of ether oxygens (including phenoxy) is 3. The van der Waals surface area contributed by atoms with Gasteiger partial charge in [-0.1, -0.05) is 19.4 Å². The fourth-order valence-corrected chi connectivity index (χ4v) is 5.26. The van der Waals surface area contributed by atoms with Crippen molar-refractivity contribution in [1.82, 2.24) is 10.6 Å². The maximum Gasteiger partial charge on any atom is 0.203 e. The highest BCUT2D eigenvalue weighted by molar-refractivity contribution is 14.0. The van der Waals surface area contributed by atoms with E-state index in [2.05, 4.69) is 17.6 Å².